The van der Waals surface area contributed by atoms with Crippen LogP contribution < -0.4 is 10.1 Å². The summed E-state index contributed by atoms with van der Waals surface area (Å²) in [6.45, 7) is 3.66. The number of aromatic nitrogens is 1. The van der Waals surface area contributed by atoms with Gasteiger partial charge in [-0.05, 0) is 31.0 Å². The van der Waals surface area contributed by atoms with E-state index in [2.05, 4.69) is 10.3 Å². The Morgan fingerprint density at radius 2 is 2.00 bits per heavy atom. The molecular formula is C20H19N3O4S. The Kier molecular flexibility index (Phi) is 6.00. The summed E-state index contributed by atoms with van der Waals surface area (Å²) < 4.78 is 5.54. The van der Waals surface area contributed by atoms with Crippen LogP contribution in [0.2, 0.25) is 0 Å². The largest absolute Gasteiger partial charge is 0.483 e. The fourth-order valence-electron chi connectivity index (χ4n) is 2.63. The number of non-ortho nitro benzene ring substituents is 1. The van der Waals surface area contributed by atoms with Crippen molar-refractivity contribution in [2.45, 2.75) is 20.3 Å². The Morgan fingerprint density at radius 1 is 1.21 bits per heavy atom. The van der Waals surface area contributed by atoms with E-state index in [9.17, 15) is 14.9 Å². The quantitative estimate of drug-likeness (QED) is 0.474. The average molecular weight is 397 g/mol. The first-order chi connectivity index (χ1) is 13.4. The minimum absolute atomic E-state index is 0.0570. The molecule has 0 unspecified atom stereocenters. The molecule has 8 heteroatoms. The van der Waals surface area contributed by atoms with Crippen molar-refractivity contribution in [3.8, 4) is 5.75 Å². The summed E-state index contributed by atoms with van der Waals surface area (Å²) in [6.07, 6.45) is 0.515. The lowest BCUT2D eigenvalue weighted by Gasteiger charge is -2.07. The lowest BCUT2D eigenvalue weighted by molar-refractivity contribution is -0.384. The van der Waals surface area contributed by atoms with Gasteiger partial charge < -0.3 is 4.74 Å². The van der Waals surface area contributed by atoms with E-state index < -0.39 is 4.92 Å². The number of anilines is 1. The molecule has 28 heavy (non-hydrogen) atoms. The second kappa shape index (κ2) is 8.62. The van der Waals surface area contributed by atoms with Gasteiger partial charge in [0.25, 0.3) is 11.6 Å². The molecule has 0 atom stereocenters. The van der Waals surface area contributed by atoms with Gasteiger partial charge in [-0.2, -0.15) is 0 Å². The minimum Gasteiger partial charge on any atom is -0.483 e. The van der Waals surface area contributed by atoms with Crippen LogP contribution in [0.5, 0.6) is 5.75 Å². The van der Waals surface area contributed by atoms with Crippen LogP contribution in [0.15, 0.2) is 48.5 Å². The van der Waals surface area contributed by atoms with Gasteiger partial charge in [-0.25, -0.2) is 4.98 Å². The molecule has 0 aliphatic rings. The SMILES string of the molecule is Cc1ccccc1OCC(=O)Nc1nc(C)c(Cc2cccc([N+](=O)[O-])c2)s1. The summed E-state index contributed by atoms with van der Waals surface area (Å²) in [5.74, 6) is 0.373. The Hall–Kier alpha value is -3.26. The number of benzene rings is 2. The van der Waals surface area contributed by atoms with E-state index >= 15 is 0 Å². The summed E-state index contributed by atoms with van der Waals surface area (Å²) in [4.78, 5) is 28.0. The first-order valence-corrected chi connectivity index (χ1v) is 9.42. The molecule has 144 valence electrons. The summed E-state index contributed by atoms with van der Waals surface area (Å²) in [5, 5.41) is 14.1. The third-order valence-electron chi connectivity index (χ3n) is 4.08. The van der Waals surface area contributed by atoms with Gasteiger partial charge in [0.1, 0.15) is 5.75 Å². The second-order valence-electron chi connectivity index (χ2n) is 6.23. The average Bonchev–Trinajstić information content (AvgIpc) is 3.00. The molecule has 3 aromatic rings. The Bertz CT molecular complexity index is 1020. The van der Waals surface area contributed by atoms with Crippen molar-refractivity contribution in [2.75, 3.05) is 11.9 Å². The van der Waals surface area contributed by atoms with Gasteiger partial charge in [-0.1, -0.05) is 30.3 Å². The fraction of sp³-hybridized carbons (Fsp3) is 0.200. The van der Waals surface area contributed by atoms with Crippen LogP contribution >= 0.6 is 11.3 Å². The van der Waals surface area contributed by atoms with Gasteiger partial charge in [0, 0.05) is 23.4 Å². The number of aryl methyl sites for hydroxylation is 2. The van der Waals surface area contributed by atoms with Crippen LogP contribution in [0, 0.1) is 24.0 Å². The zero-order valence-corrected chi connectivity index (χ0v) is 16.3. The molecule has 0 aliphatic carbocycles. The smallest absolute Gasteiger partial charge is 0.269 e. The number of hydrogen-bond acceptors (Lipinski definition) is 6. The van der Waals surface area contributed by atoms with E-state index in [0.29, 0.717) is 17.3 Å². The number of thiazole rings is 1. The zero-order valence-electron chi connectivity index (χ0n) is 15.5. The van der Waals surface area contributed by atoms with Gasteiger partial charge in [0.05, 0.1) is 10.6 Å². The predicted molar refractivity (Wildman–Crippen MR) is 108 cm³/mol. The molecule has 1 amide bonds. The number of nitrogens with zero attached hydrogens (tertiary/aromatic N) is 2. The number of para-hydroxylation sites is 1. The van der Waals surface area contributed by atoms with Crippen molar-refractivity contribution in [2.24, 2.45) is 0 Å². The summed E-state index contributed by atoms with van der Waals surface area (Å²) in [7, 11) is 0. The van der Waals surface area contributed by atoms with Crippen molar-refractivity contribution < 1.29 is 14.5 Å². The topological polar surface area (TPSA) is 94.4 Å². The molecule has 1 heterocycles. The molecule has 0 saturated heterocycles. The molecule has 7 nitrogen and oxygen atoms in total. The Balaban J connectivity index is 1.62. The summed E-state index contributed by atoms with van der Waals surface area (Å²) >= 11 is 1.35. The maximum absolute atomic E-state index is 12.2. The molecule has 3 rings (SSSR count). The highest BCUT2D eigenvalue weighted by Crippen LogP contribution is 2.26. The summed E-state index contributed by atoms with van der Waals surface area (Å²) in [5.41, 5.74) is 2.62. The van der Waals surface area contributed by atoms with E-state index in [4.69, 9.17) is 4.74 Å². The van der Waals surface area contributed by atoms with E-state index in [-0.39, 0.29) is 18.2 Å². The number of nitrogens with one attached hydrogen (secondary N) is 1. The highest BCUT2D eigenvalue weighted by Gasteiger charge is 2.13. The lowest BCUT2D eigenvalue weighted by Crippen LogP contribution is -2.20. The molecule has 0 bridgehead atoms. The molecule has 1 aromatic heterocycles. The molecule has 1 N–H and O–H groups in total. The number of carbonyl (C=O) groups is 1. The second-order valence-corrected chi connectivity index (χ2v) is 7.32. The lowest BCUT2D eigenvalue weighted by atomic mass is 10.1. The zero-order chi connectivity index (χ0) is 20.1. The van der Waals surface area contributed by atoms with Crippen LogP contribution in [0.4, 0.5) is 10.8 Å². The number of nitro benzene ring substituents is 1. The van der Waals surface area contributed by atoms with Gasteiger partial charge >= 0.3 is 0 Å². The number of amides is 1. The molecule has 0 fully saturated rings. The monoisotopic (exact) mass is 397 g/mol. The van der Waals surface area contributed by atoms with Crippen LogP contribution in [0.3, 0.4) is 0 Å². The standard InChI is InChI=1S/C20H19N3O4S/c1-13-6-3-4-9-17(13)27-12-19(24)22-20-21-14(2)18(28-20)11-15-7-5-8-16(10-15)23(25)26/h3-10H,11-12H2,1-2H3,(H,21,22,24). The minimum atomic E-state index is -0.414. The highest BCUT2D eigenvalue weighted by atomic mass is 32.1. The van der Waals surface area contributed by atoms with Gasteiger partial charge in [-0.3, -0.25) is 20.2 Å². The number of nitro groups is 1. The van der Waals surface area contributed by atoms with Crippen LogP contribution in [0.1, 0.15) is 21.7 Å². The normalized spacial score (nSPS) is 10.5. The van der Waals surface area contributed by atoms with Crippen molar-refractivity contribution in [3.63, 3.8) is 0 Å². The molecule has 2 aromatic carbocycles. The number of rotatable bonds is 7. The van der Waals surface area contributed by atoms with E-state index in [1.54, 1.807) is 12.1 Å². The fourth-order valence-corrected chi connectivity index (χ4v) is 3.64. The van der Waals surface area contributed by atoms with Gasteiger partial charge in [0.2, 0.25) is 0 Å². The first kappa shape index (κ1) is 19.5. The number of ether oxygens (including phenoxy) is 1. The van der Waals surface area contributed by atoms with Crippen LogP contribution in [0.25, 0.3) is 0 Å². The maximum atomic E-state index is 12.2. The maximum Gasteiger partial charge on any atom is 0.269 e. The molecule has 0 spiro atoms. The molecule has 0 saturated carbocycles. The Labute approximate surface area is 166 Å². The predicted octanol–water partition coefficient (Wildman–Crippen LogP) is 4.28. The van der Waals surface area contributed by atoms with Gasteiger partial charge in [0.15, 0.2) is 11.7 Å². The first-order valence-electron chi connectivity index (χ1n) is 8.60. The number of carbonyl (C=O) groups excluding carboxylic acids is 1. The molecular weight excluding hydrogens is 378 g/mol. The van der Waals surface area contributed by atoms with Crippen molar-refractivity contribution in [3.05, 3.63) is 80.3 Å². The summed E-state index contributed by atoms with van der Waals surface area (Å²) in [6, 6.07) is 14.0. The van der Waals surface area contributed by atoms with Crippen molar-refractivity contribution in [1.29, 1.82) is 0 Å². The third kappa shape index (κ3) is 4.92. The van der Waals surface area contributed by atoms with E-state index in [1.807, 2.05) is 44.2 Å². The molecule has 0 aliphatic heterocycles. The van der Waals surface area contributed by atoms with Gasteiger partial charge in [-0.15, -0.1) is 11.3 Å². The van der Waals surface area contributed by atoms with Crippen LogP contribution in [-0.4, -0.2) is 22.4 Å². The van der Waals surface area contributed by atoms with E-state index in [0.717, 1.165) is 21.7 Å². The van der Waals surface area contributed by atoms with E-state index in [1.165, 1.54) is 17.4 Å². The van der Waals surface area contributed by atoms with Crippen LogP contribution in [-0.2, 0) is 11.2 Å². The Morgan fingerprint density at radius 3 is 2.75 bits per heavy atom. The third-order valence-corrected chi connectivity index (χ3v) is 5.15. The highest BCUT2D eigenvalue weighted by molar-refractivity contribution is 7.15. The molecule has 0 radical (unpaired) electrons. The van der Waals surface area contributed by atoms with Crippen molar-refractivity contribution >= 4 is 28.1 Å². The van der Waals surface area contributed by atoms with Crippen molar-refractivity contribution in [1.82, 2.24) is 4.98 Å². The number of hydrogen-bond donors (Lipinski definition) is 1.